The number of aromatic nitrogens is 9. The summed E-state index contributed by atoms with van der Waals surface area (Å²) in [6.45, 7) is 0. The van der Waals surface area contributed by atoms with Crippen LogP contribution in [-0.2, 0) is 0 Å². The SMILES string of the molecule is c1ccc(-c2cc(-c3ccccc3)nc(-c3ccc(-c4cc5ccccc5c(-c5ccc(-c6nc(-c7ccccc7)nc(-c7ccccc7)n6)cc5)n4)cc3)n2)cc1.c1ccc(-c2cc(-c3ccccc3)nc(-c3ccc(-c4nc(-c5ccc(-c6cc(-c7ccccc7)nc(-c7ccccc7)c6)cc5)cc5ccccc45)cc3)c2)cc1. The van der Waals surface area contributed by atoms with Crippen molar-refractivity contribution in [2.45, 2.75) is 0 Å². The predicted octanol–water partition coefficient (Wildman–Crippen LogP) is 26.9. The van der Waals surface area contributed by atoms with Crippen molar-refractivity contribution in [1.29, 1.82) is 0 Å². The largest absolute Gasteiger partial charge is 0.248 e. The maximum Gasteiger partial charge on any atom is 0.164 e. The second-order valence-corrected chi connectivity index (χ2v) is 28.4. The Hall–Kier alpha value is -15.7. The Morgan fingerprint density at radius 1 is 0.112 bits per heavy atom. The van der Waals surface area contributed by atoms with E-state index >= 15 is 0 Å². The molecule has 6 heterocycles. The van der Waals surface area contributed by atoms with E-state index in [1.807, 2.05) is 115 Å². The Morgan fingerprint density at radius 2 is 0.310 bits per heavy atom. The minimum atomic E-state index is 0.611. The van der Waals surface area contributed by atoms with Crippen LogP contribution in [0.1, 0.15) is 0 Å². The van der Waals surface area contributed by atoms with Gasteiger partial charge in [-0.25, -0.2) is 44.9 Å². The minimum absolute atomic E-state index is 0.611. The molecular formula is C107H71N9. The molecule has 0 radical (unpaired) electrons. The summed E-state index contributed by atoms with van der Waals surface area (Å²) >= 11 is 0. The summed E-state index contributed by atoms with van der Waals surface area (Å²) in [5, 5.41) is 4.45. The molecule has 9 heteroatoms. The normalized spacial score (nSPS) is 11.1. The molecule has 0 atom stereocenters. The fraction of sp³-hybridized carbons (Fsp3) is 0. The van der Waals surface area contributed by atoms with Crippen molar-refractivity contribution in [2.24, 2.45) is 0 Å². The van der Waals surface area contributed by atoms with Gasteiger partial charge in [0.25, 0.3) is 0 Å². The third-order valence-electron chi connectivity index (χ3n) is 20.8. The van der Waals surface area contributed by atoms with Crippen molar-refractivity contribution in [3.05, 3.63) is 431 Å². The molecule has 0 aliphatic rings. The molecule has 0 saturated heterocycles. The molecule has 544 valence electrons. The summed E-state index contributed by atoms with van der Waals surface area (Å²) in [5.74, 6) is 2.54. The topological polar surface area (TPSA) is 116 Å². The Morgan fingerprint density at radius 3 is 0.621 bits per heavy atom. The van der Waals surface area contributed by atoms with Crippen LogP contribution >= 0.6 is 0 Å². The quantitative estimate of drug-likeness (QED) is 0.0932. The molecule has 116 heavy (non-hydrogen) atoms. The van der Waals surface area contributed by atoms with Gasteiger partial charge in [-0.1, -0.05) is 388 Å². The smallest absolute Gasteiger partial charge is 0.164 e. The van der Waals surface area contributed by atoms with Gasteiger partial charge in [0.1, 0.15) is 0 Å². The van der Waals surface area contributed by atoms with Gasteiger partial charge >= 0.3 is 0 Å². The van der Waals surface area contributed by atoms with E-state index in [-0.39, 0.29) is 0 Å². The van der Waals surface area contributed by atoms with Crippen molar-refractivity contribution in [1.82, 2.24) is 44.9 Å². The number of rotatable bonds is 16. The van der Waals surface area contributed by atoms with Gasteiger partial charge < -0.3 is 0 Å². The molecule has 20 rings (SSSR count). The third kappa shape index (κ3) is 15.3. The molecule has 0 bridgehead atoms. The lowest BCUT2D eigenvalue weighted by Crippen LogP contribution is -2.00. The van der Waals surface area contributed by atoms with Crippen LogP contribution in [-0.4, -0.2) is 44.9 Å². The average Bonchev–Trinajstić information content (AvgIpc) is 0.782. The summed E-state index contributed by atoms with van der Waals surface area (Å²) in [7, 11) is 0. The Balaban J connectivity index is 0.000000155. The zero-order valence-corrected chi connectivity index (χ0v) is 63.0. The van der Waals surface area contributed by atoms with E-state index in [2.05, 4.69) is 315 Å². The highest BCUT2D eigenvalue weighted by molar-refractivity contribution is 5.99. The summed E-state index contributed by atoms with van der Waals surface area (Å²) in [4.78, 5) is 45.6. The Bertz CT molecular complexity index is 6200. The zero-order chi connectivity index (χ0) is 77.4. The van der Waals surface area contributed by atoms with Crippen molar-refractivity contribution in [3.63, 3.8) is 0 Å². The van der Waals surface area contributed by atoms with Gasteiger partial charge in [-0.2, -0.15) is 0 Å². The van der Waals surface area contributed by atoms with E-state index in [1.54, 1.807) is 0 Å². The first-order valence-corrected chi connectivity index (χ1v) is 38.8. The fourth-order valence-electron chi connectivity index (χ4n) is 14.8. The third-order valence-corrected chi connectivity index (χ3v) is 20.8. The highest BCUT2D eigenvalue weighted by Gasteiger charge is 2.20. The van der Waals surface area contributed by atoms with Crippen molar-refractivity contribution in [2.75, 3.05) is 0 Å². The Labute approximate surface area is 673 Å². The molecule has 0 amide bonds. The van der Waals surface area contributed by atoms with Crippen LogP contribution in [0.5, 0.6) is 0 Å². The lowest BCUT2D eigenvalue weighted by Gasteiger charge is -2.13. The summed E-state index contributed by atoms with van der Waals surface area (Å²) < 4.78 is 0. The second-order valence-electron chi connectivity index (χ2n) is 28.4. The molecule has 6 aromatic heterocycles. The van der Waals surface area contributed by atoms with E-state index < -0.39 is 0 Å². The number of fused-ring (bicyclic) bond motifs is 2. The van der Waals surface area contributed by atoms with Gasteiger partial charge in [0, 0.05) is 88.7 Å². The van der Waals surface area contributed by atoms with Gasteiger partial charge in [0.05, 0.1) is 56.9 Å². The number of hydrogen-bond acceptors (Lipinski definition) is 9. The first-order valence-electron chi connectivity index (χ1n) is 38.8. The van der Waals surface area contributed by atoms with Crippen LogP contribution in [0, 0.1) is 0 Å². The first kappa shape index (κ1) is 70.7. The molecule has 0 aliphatic heterocycles. The molecule has 9 nitrogen and oxygen atoms in total. The number of hydrogen-bond donors (Lipinski definition) is 0. The lowest BCUT2D eigenvalue weighted by atomic mass is 9.97. The molecule has 20 aromatic rings. The highest BCUT2D eigenvalue weighted by Crippen LogP contribution is 2.40. The molecule has 0 saturated carbocycles. The van der Waals surface area contributed by atoms with E-state index in [9.17, 15) is 0 Å². The average molecular weight is 1480 g/mol. The molecule has 0 unspecified atom stereocenters. The lowest BCUT2D eigenvalue weighted by molar-refractivity contribution is 1.07. The summed E-state index contributed by atoms with van der Waals surface area (Å²) in [6.07, 6.45) is 0. The molecule has 0 aliphatic carbocycles. The van der Waals surface area contributed by atoms with E-state index in [1.165, 1.54) is 0 Å². The fourth-order valence-corrected chi connectivity index (χ4v) is 14.8. The second kappa shape index (κ2) is 32.3. The van der Waals surface area contributed by atoms with Gasteiger partial charge in [0.2, 0.25) is 0 Å². The molecule has 0 fully saturated rings. The number of benzene rings is 14. The van der Waals surface area contributed by atoms with E-state index in [0.717, 1.165) is 179 Å². The molecular weight excluding hydrogens is 1410 g/mol. The van der Waals surface area contributed by atoms with Gasteiger partial charge in [-0.15, -0.1) is 0 Å². The van der Waals surface area contributed by atoms with Crippen LogP contribution in [0.3, 0.4) is 0 Å². The van der Waals surface area contributed by atoms with Crippen LogP contribution in [0.4, 0.5) is 0 Å². The molecule has 14 aromatic carbocycles. The minimum Gasteiger partial charge on any atom is -0.248 e. The van der Waals surface area contributed by atoms with Gasteiger partial charge in [-0.3, -0.25) is 0 Å². The maximum absolute atomic E-state index is 5.34. The van der Waals surface area contributed by atoms with Gasteiger partial charge in [0.15, 0.2) is 23.3 Å². The summed E-state index contributed by atoms with van der Waals surface area (Å²) in [5.41, 5.74) is 28.0. The first-order chi connectivity index (χ1) is 57.4. The van der Waals surface area contributed by atoms with E-state index in [4.69, 9.17) is 44.9 Å². The van der Waals surface area contributed by atoms with Crippen molar-refractivity contribution >= 4 is 21.5 Å². The van der Waals surface area contributed by atoms with Crippen LogP contribution in [0.15, 0.2) is 431 Å². The molecule has 0 spiro atoms. The van der Waals surface area contributed by atoms with Crippen molar-refractivity contribution < 1.29 is 0 Å². The molecule has 0 N–H and O–H groups in total. The standard InChI is InChI=1S/C55H37N3.C52H34N6/c1-5-15-38(16-6-1)47-34-50(40-17-7-2-8-18-40)57-53(35-47)43-29-31-45(32-30-43)55-49-24-14-13-23-46(49)33-54(58-55)44-27-25-39(26-28-44)48-36-51(41-19-9-3-10-20-41)56-52(37-48)42-21-11-4-12-22-42;1-5-15-35(16-6-1)46-34-47(36-17-7-2-8-18-36)55-49(54-46)41-29-25-37(26-30-41)45-33-43-23-13-14-24-44(43)48(53-45)38-27-31-42(32-28-38)52-57-50(39-19-9-3-10-20-39)56-51(58-52)40-21-11-4-12-22-40/h1-37H;1-34H. The van der Waals surface area contributed by atoms with Crippen LogP contribution in [0.25, 0.3) is 202 Å². The number of nitrogens with zero attached hydrogens (tertiary/aromatic N) is 9. The van der Waals surface area contributed by atoms with Crippen molar-refractivity contribution in [3.8, 4) is 180 Å². The number of pyridine rings is 4. The van der Waals surface area contributed by atoms with Gasteiger partial charge in [-0.05, 0) is 75.5 Å². The predicted molar refractivity (Wildman–Crippen MR) is 475 cm³/mol. The van der Waals surface area contributed by atoms with Crippen LogP contribution < -0.4 is 0 Å². The highest BCUT2D eigenvalue weighted by atomic mass is 15.0. The Kier molecular flexibility index (Phi) is 19.7. The summed E-state index contributed by atoms with van der Waals surface area (Å²) in [6, 6.07) is 148. The zero-order valence-electron chi connectivity index (χ0n) is 63.0. The van der Waals surface area contributed by atoms with Crippen LogP contribution in [0.2, 0.25) is 0 Å². The maximum atomic E-state index is 5.34. The van der Waals surface area contributed by atoms with E-state index in [0.29, 0.717) is 23.3 Å². The monoisotopic (exact) mass is 1480 g/mol.